The first-order chi connectivity index (χ1) is 25.6. The first kappa shape index (κ1) is 37.4. The van der Waals surface area contributed by atoms with Gasteiger partial charge in [-0.3, -0.25) is 9.13 Å². The summed E-state index contributed by atoms with van der Waals surface area (Å²) in [7, 11) is 0. The van der Waals surface area contributed by atoms with Gasteiger partial charge in [0.25, 0.3) is 6.33 Å². The van der Waals surface area contributed by atoms with E-state index in [1.165, 1.54) is 44.7 Å². The van der Waals surface area contributed by atoms with Gasteiger partial charge in [-0.2, -0.15) is 6.07 Å². The molecule has 0 aliphatic rings. The Hall–Kier alpha value is -4.87. The number of aromatic nitrogens is 2. The van der Waals surface area contributed by atoms with Crippen LogP contribution in [0.5, 0.6) is 0 Å². The maximum atomic E-state index is 5.84. The summed E-state index contributed by atoms with van der Waals surface area (Å²) in [6.45, 7) is 18.3. The molecule has 0 bridgehead atoms. The Bertz CT molecular complexity index is 2520. The minimum absolute atomic E-state index is 0. The Labute approximate surface area is 333 Å². The van der Waals surface area contributed by atoms with E-state index >= 15 is 0 Å². The van der Waals surface area contributed by atoms with Crippen molar-refractivity contribution in [3.63, 3.8) is 0 Å². The molecule has 0 unspecified atom stereocenters. The molecule has 0 aliphatic carbocycles. The summed E-state index contributed by atoms with van der Waals surface area (Å²) < 4.78 is 16.3. The minimum Gasteiger partial charge on any atom is -0.483 e. The number of hydrogen-bond donors (Lipinski definition) is 0. The van der Waals surface area contributed by atoms with Crippen LogP contribution in [0.2, 0.25) is 0 Å². The monoisotopic (exact) mass is 892 g/mol. The maximum absolute atomic E-state index is 5.84. The van der Waals surface area contributed by atoms with Gasteiger partial charge in [-0.05, 0) is 68.8 Å². The predicted molar refractivity (Wildman–Crippen MR) is 220 cm³/mol. The van der Waals surface area contributed by atoms with Gasteiger partial charge in [0.15, 0.2) is 0 Å². The summed E-state index contributed by atoms with van der Waals surface area (Å²) in [5.74, 6) is 1.71. The van der Waals surface area contributed by atoms with E-state index in [-0.39, 0.29) is 22.4 Å². The van der Waals surface area contributed by atoms with Crippen LogP contribution in [0.1, 0.15) is 101 Å². The second-order valence-corrected chi connectivity index (χ2v) is 15.4. The summed E-state index contributed by atoms with van der Waals surface area (Å²) in [4.78, 5) is 0. The zero-order valence-electron chi connectivity index (χ0n) is 32.3. The van der Waals surface area contributed by atoms with Crippen molar-refractivity contribution in [1.29, 1.82) is 0 Å². The molecule has 0 amide bonds. The SMILES string of the molecule is CC(C)c1cccc(C(C)C)c1-n1[c-][n+](-c2c(C(C)C)cccc2C(C)C)c2ccccc21.[Au].[c-]1c2oc3ccccc3c2cc2c1oc1ccccc12. The number of para-hydroxylation sites is 6. The second kappa shape index (κ2) is 15.1. The average Bonchev–Trinajstić information content (AvgIpc) is 3.84. The maximum Gasteiger partial charge on any atom is 0.269 e. The van der Waals surface area contributed by atoms with E-state index in [4.69, 9.17) is 8.83 Å². The van der Waals surface area contributed by atoms with Gasteiger partial charge in [0.05, 0.1) is 22.4 Å². The van der Waals surface area contributed by atoms with Gasteiger partial charge in [0.1, 0.15) is 11.2 Å². The number of benzene rings is 6. The smallest absolute Gasteiger partial charge is 0.269 e. The van der Waals surface area contributed by atoms with Crippen molar-refractivity contribution in [1.82, 2.24) is 4.57 Å². The number of furan rings is 2. The van der Waals surface area contributed by atoms with Crippen LogP contribution in [0, 0.1) is 12.4 Å². The van der Waals surface area contributed by atoms with Gasteiger partial charge in [-0.25, -0.2) is 0 Å². The van der Waals surface area contributed by atoms with Crippen molar-refractivity contribution in [2.75, 3.05) is 0 Å². The van der Waals surface area contributed by atoms with Crippen LogP contribution >= 0.6 is 0 Å². The van der Waals surface area contributed by atoms with Crippen molar-refractivity contribution in [2.45, 2.75) is 79.1 Å². The van der Waals surface area contributed by atoms with Crippen LogP contribution in [0.4, 0.5) is 0 Å². The standard InChI is InChI=1S/C31H38N2.C18H9O2.Au/c1-20(2)24-13-11-14-25(21(3)4)30(24)32-19-33(29-18-10-9-17-28(29)32)31-26(22(5)6)15-12-16-27(31)23(7)8;1-3-7-15-11(5-1)13-9-14-12-6-2-4-8-16(12)20-18(14)10-17(13)19-15;/h9-18,20-23H,1-8H3;1-9H;/q;-1;. The van der Waals surface area contributed by atoms with Gasteiger partial charge < -0.3 is 8.83 Å². The van der Waals surface area contributed by atoms with Crippen LogP contribution in [0.15, 0.2) is 124 Å². The molecule has 4 nitrogen and oxygen atoms in total. The normalized spacial score (nSPS) is 11.9. The van der Waals surface area contributed by atoms with Crippen molar-refractivity contribution in [2.24, 2.45) is 0 Å². The minimum atomic E-state index is 0. The summed E-state index contributed by atoms with van der Waals surface area (Å²) >= 11 is 0. The summed E-state index contributed by atoms with van der Waals surface area (Å²) in [6.07, 6.45) is 3.84. The molecule has 0 aliphatic heterocycles. The van der Waals surface area contributed by atoms with Gasteiger partial charge in [0, 0.05) is 33.5 Å². The van der Waals surface area contributed by atoms with Crippen LogP contribution in [-0.2, 0) is 22.4 Å². The number of rotatable bonds is 6. The van der Waals surface area contributed by atoms with Crippen LogP contribution < -0.4 is 4.57 Å². The molecule has 277 valence electrons. The molecule has 0 saturated heterocycles. The topological polar surface area (TPSA) is 35.1 Å². The molecule has 54 heavy (non-hydrogen) atoms. The first-order valence-electron chi connectivity index (χ1n) is 19.0. The molecule has 3 heterocycles. The third-order valence-electron chi connectivity index (χ3n) is 10.5. The van der Waals surface area contributed by atoms with E-state index in [0.717, 1.165) is 43.9 Å². The molecule has 0 N–H and O–H groups in total. The largest absolute Gasteiger partial charge is 0.483 e. The van der Waals surface area contributed by atoms with Gasteiger partial charge in [-0.1, -0.05) is 169 Å². The fraction of sp³-hybridized carbons (Fsp3) is 0.245. The Balaban J connectivity index is 0.000000182. The number of imidazole rings is 1. The zero-order chi connectivity index (χ0) is 37.0. The Morgan fingerprint density at radius 1 is 0.500 bits per heavy atom. The Morgan fingerprint density at radius 2 is 0.944 bits per heavy atom. The Kier molecular flexibility index (Phi) is 10.5. The fourth-order valence-electron chi connectivity index (χ4n) is 7.78. The zero-order valence-corrected chi connectivity index (χ0v) is 34.5. The van der Waals surface area contributed by atoms with Crippen molar-refractivity contribution in [3.8, 4) is 11.4 Å². The molecule has 0 spiro atoms. The number of fused-ring (bicyclic) bond motifs is 7. The van der Waals surface area contributed by atoms with Crippen molar-refractivity contribution >= 4 is 54.9 Å². The quantitative estimate of drug-likeness (QED) is 0.0947. The third-order valence-corrected chi connectivity index (χ3v) is 10.5. The summed E-state index contributed by atoms with van der Waals surface area (Å²) in [6, 6.07) is 43.8. The molecule has 0 fully saturated rings. The van der Waals surface area contributed by atoms with E-state index in [0.29, 0.717) is 23.7 Å². The van der Waals surface area contributed by atoms with E-state index < -0.39 is 0 Å². The molecule has 3 aromatic heterocycles. The number of nitrogens with zero attached hydrogens (tertiary/aromatic N) is 2. The molecule has 9 rings (SSSR count). The molecular weight excluding hydrogens is 846 g/mol. The van der Waals surface area contributed by atoms with E-state index in [2.05, 4.69) is 156 Å². The fourth-order valence-corrected chi connectivity index (χ4v) is 7.78. The summed E-state index contributed by atoms with van der Waals surface area (Å²) in [5, 5.41) is 4.40. The van der Waals surface area contributed by atoms with Gasteiger partial charge in [-0.15, -0.1) is 0 Å². The third kappa shape index (κ3) is 6.51. The first-order valence-corrected chi connectivity index (χ1v) is 19.0. The molecule has 6 aromatic carbocycles. The molecule has 1 radical (unpaired) electrons. The van der Waals surface area contributed by atoms with E-state index in [1.807, 2.05) is 36.4 Å². The molecular formula is C49H47AuN2O2-. The predicted octanol–water partition coefficient (Wildman–Crippen LogP) is 13.5. The van der Waals surface area contributed by atoms with Crippen molar-refractivity contribution in [3.05, 3.63) is 150 Å². The van der Waals surface area contributed by atoms with Crippen molar-refractivity contribution < 1.29 is 35.8 Å². The van der Waals surface area contributed by atoms with Crippen LogP contribution in [0.25, 0.3) is 66.3 Å². The average molecular weight is 893 g/mol. The van der Waals surface area contributed by atoms with E-state index in [9.17, 15) is 0 Å². The van der Waals surface area contributed by atoms with Gasteiger partial charge in [0.2, 0.25) is 0 Å². The second-order valence-electron chi connectivity index (χ2n) is 15.4. The molecule has 9 aromatic rings. The number of hydrogen-bond acceptors (Lipinski definition) is 2. The molecule has 0 saturated carbocycles. The van der Waals surface area contributed by atoms with Gasteiger partial charge >= 0.3 is 0 Å². The van der Waals surface area contributed by atoms with E-state index in [1.54, 1.807) is 0 Å². The van der Waals surface area contributed by atoms with Crippen LogP contribution in [0.3, 0.4) is 0 Å². The molecule has 0 atom stereocenters. The summed E-state index contributed by atoms with van der Waals surface area (Å²) in [5.41, 5.74) is 13.7. The Morgan fingerprint density at radius 3 is 1.44 bits per heavy atom. The van der Waals surface area contributed by atoms with Crippen LogP contribution in [-0.4, -0.2) is 4.57 Å². The molecule has 5 heteroatoms.